The average Bonchev–Trinajstić information content (AvgIpc) is 2.65. The molecule has 0 heterocycles. The van der Waals surface area contributed by atoms with Gasteiger partial charge in [-0.3, -0.25) is 4.79 Å². The summed E-state index contributed by atoms with van der Waals surface area (Å²) in [5.74, 6) is 1.28. The van der Waals surface area contributed by atoms with Crippen molar-refractivity contribution in [1.82, 2.24) is 5.43 Å². The number of hydrazone groups is 1. The normalized spacial score (nSPS) is 18.1. The highest BCUT2D eigenvalue weighted by Gasteiger charge is 2.20. The van der Waals surface area contributed by atoms with Crippen LogP contribution in [-0.4, -0.2) is 32.9 Å². The second kappa shape index (κ2) is 8.56. The number of carbonyl (C=O) groups excluding carboxylic acids is 1. The van der Waals surface area contributed by atoms with Crippen LogP contribution in [0.2, 0.25) is 0 Å². The number of hydrogen-bond donors (Lipinski definition) is 1. The fourth-order valence-electron chi connectivity index (χ4n) is 2.82. The Balaban J connectivity index is 2.23. The molecule has 1 atom stereocenters. The van der Waals surface area contributed by atoms with E-state index in [1.54, 1.807) is 12.1 Å². The van der Waals surface area contributed by atoms with Crippen molar-refractivity contribution in [1.29, 1.82) is 0 Å². The van der Waals surface area contributed by atoms with Crippen molar-refractivity contribution >= 4 is 11.6 Å². The van der Waals surface area contributed by atoms with E-state index in [1.807, 2.05) is 13.8 Å². The molecule has 140 valence electrons. The molecule has 0 aromatic heterocycles. The first-order valence-electron chi connectivity index (χ1n) is 8.40. The maximum absolute atomic E-state index is 12.5. The zero-order chi connectivity index (χ0) is 19.3. The van der Waals surface area contributed by atoms with E-state index in [1.165, 1.54) is 21.3 Å². The van der Waals surface area contributed by atoms with Crippen molar-refractivity contribution in [3.63, 3.8) is 0 Å². The minimum absolute atomic E-state index is 0.345. The number of rotatable bonds is 6. The molecule has 1 aromatic rings. The standard InChI is InChI=1S/C20H26N2O4/c1-12(2)14-8-7-13(3)16(9-14)21-22-20(23)15-10-17(24-4)19(26-6)18(11-15)25-5/h7,10-11,14H,1,8-9H2,2-6H3,(H,22,23)/t14-/m0/s1. The first-order chi connectivity index (χ1) is 12.4. The van der Waals surface area contributed by atoms with Crippen molar-refractivity contribution in [2.45, 2.75) is 26.7 Å². The summed E-state index contributed by atoms with van der Waals surface area (Å²) >= 11 is 0. The molecule has 0 saturated carbocycles. The van der Waals surface area contributed by atoms with Crippen LogP contribution in [-0.2, 0) is 0 Å². The molecular weight excluding hydrogens is 332 g/mol. The zero-order valence-electron chi connectivity index (χ0n) is 16.0. The van der Waals surface area contributed by atoms with Gasteiger partial charge in [0.15, 0.2) is 11.5 Å². The second-order valence-corrected chi connectivity index (χ2v) is 6.28. The highest BCUT2D eigenvalue weighted by atomic mass is 16.5. The number of benzene rings is 1. The van der Waals surface area contributed by atoms with Crippen LogP contribution < -0.4 is 19.6 Å². The van der Waals surface area contributed by atoms with Crippen molar-refractivity contribution in [2.75, 3.05) is 21.3 Å². The summed E-state index contributed by atoms with van der Waals surface area (Å²) in [7, 11) is 4.53. The molecule has 0 bridgehead atoms. The van der Waals surface area contributed by atoms with Gasteiger partial charge in [-0.05, 0) is 50.3 Å². The first kappa shape index (κ1) is 19.6. The summed E-state index contributed by atoms with van der Waals surface area (Å²) in [5, 5.41) is 4.32. The van der Waals surface area contributed by atoms with Gasteiger partial charge in [0.05, 0.1) is 27.0 Å². The van der Waals surface area contributed by atoms with E-state index in [4.69, 9.17) is 14.2 Å². The molecule has 1 aliphatic rings. The summed E-state index contributed by atoms with van der Waals surface area (Å²) < 4.78 is 15.8. The minimum Gasteiger partial charge on any atom is -0.493 e. The van der Waals surface area contributed by atoms with Crippen molar-refractivity contribution in [3.05, 3.63) is 41.5 Å². The molecule has 0 aliphatic heterocycles. The number of carbonyl (C=O) groups is 1. The molecule has 1 aliphatic carbocycles. The van der Waals surface area contributed by atoms with Gasteiger partial charge in [-0.2, -0.15) is 5.10 Å². The third kappa shape index (κ3) is 4.25. The first-order valence-corrected chi connectivity index (χ1v) is 8.40. The van der Waals surface area contributed by atoms with E-state index in [0.717, 1.165) is 29.7 Å². The predicted molar refractivity (Wildman–Crippen MR) is 102 cm³/mol. The lowest BCUT2D eigenvalue weighted by Crippen LogP contribution is -2.23. The highest BCUT2D eigenvalue weighted by molar-refractivity contribution is 6.02. The van der Waals surface area contributed by atoms with Crippen LogP contribution in [0.3, 0.4) is 0 Å². The van der Waals surface area contributed by atoms with Gasteiger partial charge in [0.25, 0.3) is 5.91 Å². The van der Waals surface area contributed by atoms with Gasteiger partial charge in [0.1, 0.15) is 0 Å². The Morgan fingerprint density at radius 3 is 2.31 bits per heavy atom. The van der Waals surface area contributed by atoms with Crippen LogP contribution in [0.15, 0.2) is 41.0 Å². The number of hydrogen-bond acceptors (Lipinski definition) is 5. The number of nitrogens with zero attached hydrogens (tertiary/aromatic N) is 1. The summed E-state index contributed by atoms with van der Waals surface area (Å²) in [5.41, 5.74) is 6.06. The van der Waals surface area contributed by atoms with Gasteiger partial charge in [0, 0.05) is 5.56 Å². The van der Waals surface area contributed by atoms with Crippen molar-refractivity contribution < 1.29 is 19.0 Å². The highest BCUT2D eigenvalue weighted by Crippen LogP contribution is 2.38. The van der Waals surface area contributed by atoms with Crippen LogP contribution >= 0.6 is 0 Å². The van der Waals surface area contributed by atoms with Crippen LogP contribution in [0, 0.1) is 5.92 Å². The Morgan fingerprint density at radius 1 is 1.19 bits per heavy atom. The van der Waals surface area contributed by atoms with Gasteiger partial charge < -0.3 is 14.2 Å². The fourth-order valence-corrected chi connectivity index (χ4v) is 2.82. The van der Waals surface area contributed by atoms with Gasteiger partial charge in [-0.1, -0.05) is 18.2 Å². The quantitative estimate of drug-likeness (QED) is 0.621. The number of allylic oxidation sites excluding steroid dienone is 3. The van der Waals surface area contributed by atoms with E-state index in [2.05, 4.69) is 23.2 Å². The third-order valence-electron chi connectivity index (χ3n) is 4.52. The maximum atomic E-state index is 12.5. The van der Waals surface area contributed by atoms with E-state index < -0.39 is 0 Å². The van der Waals surface area contributed by atoms with Gasteiger partial charge in [-0.25, -0.2) is 5.43 Å². The molecule has 1 aromatic carbocycles. The lowest BCUT2D eigenvalue weighted by atomic mass is 9.85. The Morgan fingerprint density at radius 2 is 1.81 bits per heavy atom. The Kier molecular flexibility index (Phi) is 6.44. The molecule has 6 heteroatoms. The summed E-state index contributed by atoms with van der Waals surface area (Å²) in [6.07, 6.45) is 3.86. The lowest BCUT2D eigenvalue weighted by Gasteiger charge is -2.22. The molecule has 0 saturated heterocycles. The van der Waals surface area contributed by atoms with Crippen LogP contribution in [0.4, 0.5) is 0 Å². The monoisotopic (exact) mass is 358 g/mol. The number of methoxy groups -OCH3 is 3. The molecule has 0 spiro atoms. The Labute approximate surface area is 154 Å². The Bertz CT molecular complexity index is 740. The molecule has 6 nitrogen and oxygen atoms in total. The predicted octanol–water partition coefficient (Wildman–Crippen LogP) is 3.73. The topological polar surface area (TPSA) is 69.2 Å². The average molecular weight is 358 g/mol. The number of ether oxygens (including phenoxy) is 3. The number of amides is 1. The molecule has 0 unspecified atom stereocenters. The molecule has 0 radical (unpaired) electrons. The minimum atomic E-state index is -0.345. The molecule has 2 rings (SSSR count). The smallest absolute Gasteiger partial charge is 0.271 e. The molecule has 1 N–H and O–H groups in total. The molecule has 1 amide bonds. The molecular formula is C20H26N2O4. The Hall–Kier alpha value is -2.76. The largest absolute Gasteiger partial charge is 0.493 e. The van der Waals surface area contributed by atoms with Gasteiger partial charge in [0.2, 0.25) is 5.75 Å². The van der Waals surface area contributed by atoms with Crippen LogP contribution in [0.5, 0.6) is 17.2 Å². The summed E-state index contributed by atoms with van der Waals surface area (Å²) in [4.78, 5) is 12.5. The molecule has 26 heavy (non-hydrogen) atoms. The van der Waals surface area contributed by atoms with E-state index in [9.17, 15) is 4.79 Å². The SMILES string of the molecule is C=C(C)[C@H]1CC=C(C)C(=NNC(=O)c2cc(OC)c(OC)c(OC)c2)C1. The number of nitrogens with one attached hydrogen (secondary N) is 1. The van der Waals surface area contributed by atoms with Crippen molar-refractivity contribution in [2.24, 2.45) is 11.0 Å². The lowest BCUT2D eigenvalue weighted by molar-refractivity contribution is 0.0954. The van der Waals surface area contributed by atoms with E-state index >= 15 is 0 Å². The van der Waals surface area contributed by atoms with Crippen LogP contribution in [0.25, 0.3) is 0 Å². The fraction of sp³-hybridized carbons (Fsp3) is 0.400. The van der Waals surface area contributed by atoms with Gasteiger partial charge >= 0.3 is 0 Å². The summed E-state index contributed by atoms with van der Waals surface area (Å²) in [6.45, 7) is 8.04. The zero-order valence-corrected chi connectivity index (χ0v) is 16.0. The van der Waals surface area contributed by atoms with Gasteiger partial charge in [-0.15, -0.1) is 0 Å². The summed E-state index contributed by atoms with van der Waals surface area (Å²) in [6, 6.07) is 3.19. The van der Waals surface area contributed by atoms with E-state index in [0.29, 0.717) is 28.7 Å². The third-order valence-corrected chi connectivity index (χ3v) is 4.52. The van der Waals surface area contributed by atoms with Crippen molar-refractivity contribution in [3.8, 4) is 17.2 Å². The second-order valence-electron chi connectivity index (χ2n) is 6.28. The van der Waals surface area contributed by atoms with E-state index in [-0.39, 0.29) is 5.91 Å². The maximum Gasteiger partial charge on any atom is 0.271 e. The molecule has 0 fully saturated rings. The van der Waals surface area contributed by atoms with Crippen LogP contribution in [0.1, 0.15) is 37.0 Å².